The van der Waals surface area contributed by atoms with Crippen LogP contribution in [0.4, 0.5) is 0 Å². The van der Waals surface area contributed by atoms with Crippen LogP contribution in [0.2, 0.25) is 0 Å². The average molecular weight is 228 g/mol. The fourth-order valence-corrected chi connectivity index (χ4v) is 2.48. The highest BCUT2D eigenvalue weighted by atomic mass is 16.3. The number of phenolic OH excluding ortho intramolecular Hbond substituents is 1. The number of hydrogen-bond donors (Lipinski definition) is 1. The molecule has 2 aromatic heterocycles. The van der Waals surface area contributed by atoms with Crippen molar-refractivity contribution in [1.29, 1.82) is 0 Å². The van der Waals surface area contributed by atoms with Crippen molar-refractivity contribution in [3.05, 3.63) is 30.0 Å². The number of aryl methyl sites for hydroxylation is 2. The lowest BCUT2D eigenvalue weighted by Crippen LogP contribution is -1.98. The highest BCUT2D eigenvalue weighted by Crippen LogP contribution is 2.31. The van der Waals surface area contributed by atoms with Gasteiger partial charge >= 0.3 is 0 Å². The fourth-order valence-electron chi connectivity index (χ4n) is 2.48. The monoisotopic (exact) mass is 228 g/mol. The van der Waals surface area contributed by atoms with E-state index in [-0.39, 0.29) is 5.75 Å². The van der Waals surface area contributed by atoms with E-state index in [1.165, 1.54) is 0 Å². The Hall–Kier alpha value is -2.23. The van der Waals surface area contributed by atoms with Crippen LogP contribution in [0.1, 0.15) is 10.5 Å². The number of aldehydes is 1. The van der Waals surface area contributed by atoms with Crippen LogP contribution in [0, 0.1) is 0 Å². The maximum absolute atomic E-state index is 10.9. The normalized spacial score (nSPS) is 11.4. The summed E-state index contributed by atoms with van der Waals surface area (Å²) < 4.78 is 3.89. The standard InChI is InChI=1S/C13H12N2O2/c1-14-8(7-16)5-11-10-6-9(17)3-4-12(10)15(2)13(11)14/h3-7,17H,1-2H3. The number of rotatable bonds is 1. The first-order chi connectivity index (χ1) is 8.13. The number of aromatic hydroxyl groups is 1. The summed E-state index contributed by atoms with van der Waals surface area (Å²) >= 11 is 0. The van der Waals surface area contributed by atoms with Gasteiger partial charge in [0.05, 0.1) is 11.2 Å². The van der Waals surface area contributed by atoms with Crippen LogP contribution in [0.3, 0.4) is 0 Å². The minimum atomic E-state index is 0.238. The Bertz CT molecular complexity index is 750. The van der Waals surface area contributed by atoms with Crippen LogP contribution in [-0.2, 0) is 14.1 Å². The van der Waals surface area contributed by atoms with Crippen molar-refractivity contribution < 1.29 is 9.90 Å². The second-order valence-corrected chi connectivity index (χ2v) is 4.24. The number of carbonyl (C=O) groups excluding carboxylic acids is 1. The summed E-state index contributed by atoms with van der Waals surface area (Å²) in [7, 11) is 3.82. The maximum Gasteiger partial charge on any atom is 0.166 e. The molecule has 0 aliphatic heterocycles. The van der Waals surface area contributed by atoms with Crippen LogP contribution >= 0.6 is 0 Å². The summed E-state index contributed by atoms with van der Waals surface area (Å²) in [5.41, 5.74) is 2.66. The van der Waals surface area contributed by atoms with Crippen LogP contribution in [-0.4, -0.2) is 20.5 Å². The summed E-state index contributed by atoms with van der Waals surface area (Å²) in [5, 5.41) is 11.5. The van der Waals surface area contributed by atoms with Gasteiger partial charge in [-0.15, -0.1) is 0 Å². The molecule has 0 atom stereocenters. The van der Waals surface area contributed by atoms with E-state index in [4.69, 9.17) is 0 Å². The molecule has 0 aliphatic carbocycles. The third-order valence-electron chi connectivity index (χ3n) is 3.31. The van der Waals surface area contributed by atoms with Crippen molar-refractivity contribution in [2.24, 2.45) is 14.1 Å². The number of nitrogens with zero attached hydrogens (tertiary/aromatic N) is 2. The Morgan fingerprint density at radius 3 is 2.59 bits per heavy atom. The zero-order valence-corrected chi connectivity index (χ0v) is 9.64. The minimum absolute atomic E-state index is 0.238. The molecule has 3 rings (SSSR count). The summed E-state index contributed by atoms with van der Waals surface area (Å²) in [6.45, 7) is 0. The average Bonchev–Trinajstić information content (AvgIpc) is 2.77. The molecule has 2 heterocycles. The molecule has 86 valence electrons. The third-order valence-corrected chi connectivity index (χ3v) is 3.31. The number of hydrogen-bond acceptors (Lipinski definition) is 2. The van der Waals surface area contributed by atoms with Crippen molar-refractivity contribution in [2.45, 2.75) is 0 Å². The predicted molar refractivity (Wildman–Crippen MR) is 66.4 cm³/mol. The van der Waals surface area contributed by atoms with Gasteiger partial charge in [0.1, 0.15) is 11.4 Å². The molecule has 17 heavy (non-hydrogen) atoms. The third kappa shape index (κ3) is 1.15. The number of carbonyl (C=O) groups is 1. The zero-order chi connectivity index (χ0) is 12.2. The largest absolute Gasteiger partial charge is 0.508 e. The van der Waals surface area contributed by atoms with E-state index in [0.29, 0.717) is 5.69 Å². The van der Waals surface area contributed by atoms with Crippen molar-refractivity contribution in [1.82, 2.24) is 9.13 Å². The molecule has 0 unspecified atom stereocenters. The number of aromatic nitrogens is 2. The zero-order valence-electron chi connectivity index (χ0n) is 9.64. The van der Waals surface area contributed by atoms with Crippen LogP contribution < -0.4 is 0 Å². The first-order valence-corrected chi connectivity index (χ1v) is 5.35. The molecule has 0 bridgehead atoms. The quantitative estimate of drug-likeness (QED) is 0.649. The first kappa shape index (κ1) is 9.96. The van der Waals surface area contributed by atoms with Crippen molar-refractivity contribution in [3.63, 3.8) is 0 Å². The molecule has 0 amide bonds. The van der Waals surface area contributed by atoms with Gasteiger partial charge in [-0.1, -0.05) is 0 Å². The lowest BCUT2D eigenvalue weighted by atomic mass is 10.2. The molecule has 3 aromatic rings. The van der Waals surface area contributed by atoms with Crippen LogP contribution in [0.5, 0.6) is 5.75 Å². The van der Waals surface area contributed by atoms with Gasteiger partial charge in [-0.3, -0.25) is 4.79 Å². The Morgan fingerprint density at radius 1 is 1.12 bits per heavy atom. The molecule has 1 aromatic carbocycles. The minimum Gasteiger partial charge on any atom is -0.508 e. The van der Waals surface area contributed by atoms with Crippen LogP contribution in [0.15, 0.2) is 24.3 Å². The molecule has 0 saturated heterocycles. The van der Waals surface area contributed by atoms with E-state index < -0.39 is 0 Å². The van der Waals surface area contributed by atoms with E-state index in [1.807, 2.05) is 35.4 Å². The summed E-state index contributed by atoms with van der Waals surface area (Å²) in [6.07, 6.45) is 0.842. The molecular weight excluding hydrogens is 216 g/mol. The smallest absolute Gasteiger partial charge is 0.166 e. The molecule has 0 aliphatic rings. The highest BCUT2D eigenvalue weighted by molar-refractivity contribution is 6.09. The van der Waals surface area contributed by atoms with E-state index in [2.05, 4.69) is 0 Å². The Morgan fingerprint density at radius 2 is 1.88 bits per heavy atom. The van der Waals surface area contributed by atoms with E-state index >= 15 is 0 Å². The van der Waals surface area contributed by atoms with E-state index in [9.17, 15) is 9.90 Å². The Labute approximate surface area is 97.7 Å². The van der Waals surface area contributed by atoms with Crippen LogP contribution in [0.25, 0.3) is 21.9 Å². The second kappa shape index (κ2) is 3.13. The van der Waals surface area contributed by atoms with E-state index in [1.54, 1.807) is 12.1 Å². The van der Waals surface area contributed by atoms with Gasteiger partial charge in [-0.25, -0.2) is 0 Å². The molecule has 4 nitrogen and oxygen atoms in total. The van der Waals surface area contributed by atoms with Gasteiger partial charge in [0, 0.05) is 24.9 Å². The lowest BCUT2D eigenvalue weighted by Gasteiger charge is -2.02. The topological polar surface area (TPSA) is 47.2 Å². The number of benzene rings is 1. The molecule has 0 saturated carbocycles. The van der Waals surface area contributed by atoms with Gasteiger partial charge in [0.2, 0.25) is 0 Å². The van der Waals surface area contributed by atoms with Crippen molar-refractivity contribution >= 4 is 28.2 Å². The fraction of sp³-hybridized carbons (Fsp3) is 0.154. The van der Waals surface area contributed by atoms with Gasteiger partial charge in [-0.05, 0) is 24.3 Å². The summed E-state index contributed by atoms with van der Waals surface area (Å²) in [4.78, 5) is 10.9. The summed E-state index contributed by atoms with van der Waals surface area (Å²) in [6, 6.07) is 7.13. The van der Waals surface area contributed by atoms with Gasteiger partial charge in [0.15, 0.2) is 6.29 Å². The van der Waals surface area contributed by atoms with Crippen molar-refractivity contribution in [3.8, 4) is 5.75 Å². The van der Waals surface area contributed by atoms with Gasteiger partial charge in [-0.2, -0.15) is 0 Å². The Kier molecular flexibility index (Phi) is 1.84. The molecule has 0 radical (unpaired) electrons. The number of fused-ring (bicyclic) bond motifs is 3. The Balaban J connectivity index is 2.59. The first-order valence-electron chi connectivity index (χ1n) is 5.35. The van der Waals surface area contributed by atoms with E-state index in [0.717, 1.165) is 28.2 Å². The predicted octanol–water partition coefficient (Wildman–Crippen LogP) is 2.19. The maximum atomic E-state index is 10.9. The second-order valence-electron chi connectivity index (χ2n) is 4.24. The lowest BCUT2D eigenvalue weighted by molar-refractivity contribution is 0.111. The molecule has 4 heteroatoms. The SMILES string of the molecule is Cn1c(C=O)cc2c3cc(O)ccc3n(C)c21. The number of phenols is 1. The van der Waals surface area contributed by atoms with Gasteiger partial charge in [0.25, 0.3) is 0 Å². The molecule has 1 N–H and O–H groups in total. The molecule has 0 spiro atoms. The molecular formula is C13H12N2O2. The highest BCUT2D eigenvalue weighted by Gasteiger charge is 2.14. The summed E-state index contributed by atoms with van der Waals surface area (Å²) in [5.74, 6) is 0.238. The molecule has 0 fully saturated rings. The van der Waals surface area contributed by atoms with Gasteiger partial charge < -0.3 is 14.2 Å². The van der Waals surface area contributed by atoms with Crippen molar-refractivity contribution in [2.75, 3.05) is 0 Å².